The fourth-order valence-corrected chi connectivity index (χ4v) is 7.90. The summed E-state index contributed by atoms with van der Waals surface area (Å²) in [7, 11) is 4.46. The molecular formula is C40H47F3N10O6. The van der Waals surface area contributed by atoms with E-state index in [2.05, 4.69) is 45.3 Å². The van der Waals surface area contributed by atoms with Crippen LogP contribution >= 0.6 is 0 Å². The minimum absolute atomic E-state index is 0.0281. The zero-order chi connectivity index (χ0) is 41.8. The summed E-state index contributed by atoms with van der Waals surface area (Å²) in [4.78, 5) is 77.1. The number of carbonyl (C=O) groups excluding carboxylic acids is 4. The summed E-state index contributed by atoms with van der Waals surface area (Å²) in [6, 6.07) is 3.98. The van der Waals surface area contributed by atoms with E-state index in [9.17, 15) is 32.3 Å². The molecule has 2 aliphatic heterocycles. The van der Waals surface area contributed by atoms with Crippen LogP contribution < -0.4 is 10.6 Å². The van der Waals surface area contributed by atoms with E-state index in [0.717, 1.165) is 38.5 Å². The molecule has 4 N–H and O–H groups in total. The van der Waals surface area contributed by atoms with Gasteiger partial charge in [0.25, 0.3) is 0 Å². The van der Waals surface area contributed by atoms with Crippen molar-refractivity contribution in [1.82, 2.24) is 50.3 Å². The lowest BCUT2D eigenvalue weighted by atomic mass is 10.1. The highest BCUT2D eigenvalue weighted by Gasteiger charge is 2.45. The monoisotopic (exact) mass is 820 g/mol. The van der Waals surface area contributed by atoms with Crippen LogP contribution in [0.2, 0.25) is 0 Å². The molecule has 3 aromatic heterocycles. The molecule has 4 aliphatic rings. The lowest BCUT2D eigenvalue weighted by Gasteiger charge is -2.28. The SMILES string of the molecule is COC.COC(=O)NC(C(=O)N1CCC[C@H]1c1nc(-c2ccc(-c3ncc(-c4cnc([C@@H]5CCCN5C(=O)C(NC=O)C5CC5)[nH]4)cn3)cc2)c(C(F)(F)F)[nH]1)C1CC1. The predicted octanol–water partition coefficient (Wildman–Crippen LogP) is 5.19. The van der Waals surface area contributed by atoms with Crippen LogP contribution in [0.15, 0.2) is 42.9 Å². The maximum Gasteiger partial charge on any atom is 0.433 e. The fraction of sp³-hybridized carbons (Fsp3) is 0.500. The Morgan fingerprint density at radius 1 is 0.780 bits per heavy atom. The molecule has 59 heavy (non-hydrogen) atoms. The van der Waals surface area contributed by atoms with Gasteiger partial charge in [-0.3, -0.25) is 14.4 Å². The molecule has 4 atom stereocenters. The third kappa shape index (κ3) is 9.09. The minimum Gasteiger partial charge on any atom is -0.453 e. The number of H-pyrrole nitrogens is 2. The van der Waals surface area contributed by atoms with E-state index in [1.165, 1.54) is 24.1 Å². The van der Waals surface area contributed by atoms with Gasteiger partial charge in [-0.25, -0.2) is 24.7 Å². The van der Waals surface area contributed by atoms with E-state index in [0.29, 0.717) is 60.8 Å². The van der Waals surface area contributed by atoms with Crippen LogP contribution in [0.1, 0.15) is 80.8 Å². The molecule has 4 amide bonds. The second-order valence-corrected chi connectivity index (χ2v) is 15.2. The molecule has 16 nitrogen and oxygen atoms in total. The smallest absolute Gasteiger partial charge is 0.433 e. The number of likely N-dealkylation sites (tertiary alicyclic amines) is 2. The summed E-state index contributed by atoms with van der Waals surface area (Å²) in [5, 5.41) is 5.30. The van der Waals surface area contributed by atoms with Gasteiger partial charge in [-0.05, 0) is 63.2 Å². The third-order valence-electron chi connectivity index (χ3n) is 11.1. The van der Waals surface area contributed by atoms with Gasteiger partial charge in [0.15, 0.2) is 5.82 Å². The van der Waals surface area contributed by atoms with Gasteiger partial charge in [0, 0.05) is 56.4 Å². The molecule has 314 valence electrons. The summed E-state index contributed by atoms with van der Waals surface area (Å²) in [6.45, 7) is 0.904. The second-order valence-electron chi connectivity index (χ2n) is 15.2. The number of alkyl carbamates (subject to hydrolysis) is 1. The molecule has 4 fully saturated rings. The van der Waals surface area contributed by atoms with Crippen LogP contribution in [-0.4, -0.2) is 111 Å². The van der Waals surface area contributed by atoms with Crippen molar-refractivity contribution in [3.05, 3.63) is 60.2 Å². The molecule has 2 saturated carbocycles. The highest BCUT2D eigenvalue weighted by Crippen LogP contribution is 2.42. The van der Waals surface area contributed by atoms with E-state index in [1.807, 2.05) is 0 Å². The van der Waals surface area contributed by atoms with Gasteiger partial charge < -0.3 is 39.9 Å². The number of hydrogen-bond donors (Lipinski definition) is 4. The van der Waals surface area contributed by atoms with Crippen molar-refractivity contribution in [3.8, 4) is 33.9 Å². The Bertz CT molecular complexity index is 2120. The number of hydrogen-bond acceptors (Lipinski definition) is 10. The van der Waals surface area contributed by atoms with Gasteiger partial charge in [0.2, 0.25) is 18.2 Å². The topological polar surface area (TPSA) is 200 Å². The van der Waals surface area contributed by atoms with E-state index >= 15 is 0 Å². The van der Waals surface area contributed by atoms with Crippen LogP contribution in [0.4, 0.5) is 18.0 Å². The number of amides is 4. The molecule has 8 rings (SSSR count). The highest BCUT2D eigenvalue weighted by molar-refractivity contribution is 5.87. The molecule has 19 heteroatoms. The first-order chi connectivity index (χ1) is 28.4. The largest absolute Gasteiger partial charge is 0.453 e. The Labute approximate surface area is 338 Å². The Balaban J connectivity index is 0.00000171. The summed E-state index contributed by atoms with van der Waals surface area (Å²) < 4.78 is 52.1. The van der Waals surface area contributed by atoms with Crippen molar-refractivity contribution in [2.45, 2.75) is 81.7 Å². The molecule has 5 heterocycles. The number of nitrogens with zero attached hydrogens (tertiary/aromatic N) is 6. The van der Waals surface area contributed by atoms with Gasteiger partial charge in [-0.1, -0.05) is 24.3 Å². The van der Waals surface area contributed by atoms with Gasteiger partial charge in [-0.2, -0.15) is 13.2 Å². The van der Waals surface area contributed by atoms with Crippen molar-refractivity contribution in [3.63, 3.8) is 0 Å². The minimum atomic E-state index is -4.75. The maximum atomic E-state index is 14.4. The van der Waals surface area contributed by atoms with E-state index < -0.39 is 36.1 Å². The van der Waals surface area contributed by atoms with Crippen LogP contribution in [0.25, 0.3) is 33.9 Å². The number of ether oxygens (including phenoxy) is 2. The molecule has 1 aromatic carbocycles. The molecular weight excluding hydrogens is 773 g/mol. The predicted molar refractivity (Wildman–Crippen MR) is 206 cm³/mol. The van der Waals surface area contributed by atoms with E-state index in [1.54, 1.807) is 49.8 Å². The zero-order valence-corrected chi connectivity index (χ0v) is 32.9. The molecule has 4 aromatic rings. The van der Waals surface area contributed by atoms with Gasteiger partial charge in [0.1, 0.15) is 35.1 Å². The Kier molecular flexibility index (Phi) is 12.3. The van der Waals surface area contributed by atoms with Crippen LogP contribution in [0.5, 0.6) is 0 Å². The summed E-state index contributed by atoms with van der Waals surface area (Å²) in [5.41, 5.74) is 0.791. The van der Waals surface area contributed by atoms with Crippen LogP contribution in [0, 0.1) is 11.8 Å². The Morgan fingerprint density at radius 2 is 1.34 bits per heavy atom. The first kappa shape index (κ1) is 41.3. The van der Waals surface area contributed by atoms with Gasteiger partial charge in [-0.15, -0.1) is 0 Å². The zero-order valence-electron chi connectivity index (χ0n) is 32.9. The van der Waals surface area contributed by atoms with E-state index in [-0.39, 0.29) is 46.8 Å². The maximum absolute atomic E-state index is 14.4. The van der Waals surface area contributed by atoms with E-state index in [4.69, 9.17) is 4.74 Å². The fourth-order valence-electron chi connectivity index (χ4n) is 7.90. The first-order valence-electron chi connectivity index (χ1n) is 19.7. The number of rotatable bonds is 12. The highest BCUT2D eigenvalue weighted by atomic mass is 19.4. The van der Waals surface area contributed by atoms with Gasteiger partial charge in [0.05, 0.1) is 31.1 Å². The molecule has 2 aliphatic carbocycles. The number of nitrogens with one attached hydrogen (secondary N) is 4. The van der Waals surface area contributed by atoms with Crippen molar-refractivity contribution in [1.29, 1.82) is 0 Å². The van der Waals surface area contributed by atoms with Crippen LogP contribution in [0.3, 0.4) is 0 Å². The number of alkyl halides is 3. The first-order valence-corrected chi connectivity index (χ1v) is 19.7. The number of aromatic amines is 2. The van der Waals surface area contributed by atoms with Crippen LogP contribution in [-0.2, 0) is 30.0 Å². The summed E-state index contributed by atoms with van der Waals surface area (Å²) >= 11 is 0. The normalized spacial score (nSPS) is 20.0. The summed E-state index contributed by atoms with van der Waals surface area (Å²) in [5.74, 6) is 0.668. The van der Waals surface area contributed by atoms with Crippen molar-refractivity contribution in [2.24, 2.45) is 11.8 Å². The Hall–Kier alpha value is -5.85. The number of benzene rings is 1. The number of carbonyl (C=O) groups is 4. The Morgan fingerprint density at radius 3 is 1.90 bits per heavy atom. The van der Waals surface area contributed by atoms with Gasteiger partial charge >= 0.3 is 12.3 Å². The second kappa shape index (κ2) is 17.6. The number of halogens is 3. The number of imidazole rings is 2. The summed E-state index contributed by atoms with van der Waals surface area (Å²) in [6.07, 6.45) is 5.87. The average molecular weight is 821 g/mol. The molecule has 2 unspecified atom stereocenters. The molecule has 0 bridgehead atoms. The lowest BCUT2D eigenvalue weighted by molar-refractivity contribution is -0.140. The standard InChI is InChI=1S/C38H41F3N10O5.C2H6O/c1-56-37(55)48-30(22-8-9-22)36(54)51-15-3-5-27(51)34-47-28(31(49-34)38(39,40)41)20-10-12-23(13-11-20)32-42-16-24(17-43-32)25-18-44-33(46-25)26-4-2-14-50(26)35(53)29(45-19-52)21-6-7-21;1-3-2/h10-13,16-19,21-22,26-27,29-30H,2-9,14-15H2,1H3,(H,44,46)(H,45,52)(H,47,49)(H,48,55);1-2H3/t26-,27-,29?,30?;/m0./s1. The molecule has 2 saturated heterocycles. The quantitative estimate of drug-likeness (QED) is 0.138. The number of aromatic nitrogens is 6. The number of methoxy groups -OCH3 is 2. The van der Waals surface area contributed by atoms with Crippen molar-refractivity contribution >= 4 is 24.3 Å². The molecule has 0 radical (unpaired) electrons. The lowest BCUT2D eigenvalue weighted by Crippen LogP contribution is -2.49. The van der Waals surface area contributed by atoms with Crippen molar-refractivity contribution in [2.75, 3.05) is 34.4 Å². The molecule has 0 spiro atoms. The average Bonchev–Trinajstić information content (AvgIpc) is 3.97. The third-order valence-corrected chi connectivity index (χ3v) is 11.1. The van der Waals surface area contributed by atoms with Crippen molar-refractivity contribution < 1.29 is 41.8 Å².